The van der Waals surface area contributed by atoms with E-state index in [1.165, 1.54) is 21.6 Å². The third kappa shape index (κ3) is 4.75. The molecule has 2 aromatic carbocycles. The van der Waals surface area contributed by atoms with Crippen molar-refractivity contribution < 1.29 is 13.2 Å². The summed E-state index contributed by atoms with van der Waals surface area (Å²) < 4.78 is 25.6. The van der Waals surface area contributed by atoms with Gasteiger partial charge < -0.3 is 5.32 Å². The minimum Gasteiger partial charge on any atom is -0.322 e. The summed E-state index contributed by atoms with van der Waals surface area (Å²) in [5.74, 6) is -0.0881. The molecule has 0 spiro atoms. The number of nitrogens with one attached hydrogen (secondary N) is 1. The Bertz CT molecular complexity index is 1230. The van der Waals surface area contributed by atoms with Gasteiger partial charge in [0.15, 0.2) is 0 Å². The van der Waals surface area contributed by atoms with E-state index in [4.69, 9.17) is 0 Å². The Kier molecular flexibility index (Phi) is 6.02. The molecule has 0 unspecified atom stereocenters. The predicted molar refractivity (Wildman–Crippen MR) is 124 cm³/mol. The molecule has 8 heteroatoms. The van der Waals surface area contributed by atoms with Crippen molar-refractivity contribution in [2.75, 3.05) is 21.9 Å². The van der Waals surface area contributed by atoms with Gasteiger partial charge in [-0.05, 0) is 68.3 Å². The van der Waals surface area contributed by atoms with Gasteiger partial charge in [-0.3, -0.25) is 9.10 Å². The first-order chi connectivity index (χ1) is 14.8. The summed E-state index contributed by atoms with van der Waals surface area (Å²) in [6.45, 7) is 4.58. The van der Waals surface area contributed by atoms with E-state index in [-0.39, 0.29) is 11.7 Å². The molecular weight excluding hydrogens is 430 g/mol. The predicted octanol–water partition coefficient (Wildman–Crippen LogP) is 4.64. The highest BCUT2D eigenvalue weighted by Crippen LogP contribution is 2.32. The highest BCUT2D eigenvalue weighted by Gasteiger charge is 2.28. The van der Waals surface area contributed by atoms with Crippen molar-refractivity contribution in [2.24, 2.45) is 0 Å². The highest BCUT2D eigenvalue weighted by molar-refractivity contribution is 7.99. The normalized spacial score (nSPS) is 15.1. The van der Waals surface area contributed by atoms with Gasteiger partial charge >= 0.3 is 0 Å². The lowest BCUT2D eigenvalue weighted by molar-refractivity contribution is 0.102. The molecule has 4 rings (SSSR count). The number of aromatic nitrogens is 1. The molecule has 1 aliphatic heterocycles. The summed E-state index contributed by atoms with van der Waals surface area (Å²) in [6.07, 6.45) is 2.30. The largest absolute Gasteiger partial charge is 0.322 e. The SMILES string of the molecule is Cc1ccc(Sc2ncccc2C(=O)Nc2ccc(N3CCCS3(=O)=O)cc2)c(C)c1. The van der Waals surface area contributed by atoms with Crippen LogP contribution in [0, 0.1) is 13.8 Å². The van der Waals surface area contributed by atoms with E-state index in [1.807, 2.05) is 26.0 Å². The topological polar surface area (TPSA) is 79.4 Å². The number of nitrogens with zero attached hydrogens (tertiary/aromatic N) is 2. The first-order valence-corrected chi connectivity index (χ1v) is 12.4. The van der Waals surface area contributed by atoms with Crippen molar-refractivity contribution in [3.8, 4) is 0 Å². The number of sulfonamides is 1. The van der Waals surface area contributed by atoms with E-state index in [0.717, 1.165) is 10.5 Å². The first-order valence-electron chi connectivity index (χ1n) is 9.95. The van der Waals surface area contributed by atoms with E-state index >= 15 is 0 Å². The van der Waals surface area contributed by atoms with Gasteiger partial charge in [0.2, 0.25) is 10.0 Å². The van der Waals surface area contributed by atoms with Crippen molar-refractivity contribution >= 4 is 39.1 Å². The van der Waals surface area contributed by atoms with Crippen LogP contribution >= 0.6 is 11.8 Å². The van der Waals surface area contributed by atoms with Crippen LogP contribution in [-0.4, -0.2) is 31.6 Å². The standard InChI is InChI=1S/C23H23N3O3S2/c1-16-6-11-21(17(2)15-16)30-23-20(5-3-12-24-23)22(27)25-18-7-9-19(10-8-18)26-13-4-14-31(26,28)29/h3,5-12,15H,4,13-14H2,1-2H3,(H,25,27). The molecule has 0 bridgehead atoms. The lowest BCUT2D eigenvalue weighted by Crippen LogP contribution is -2.25. The summed E-state index contributed by atoms with van der Waals surface area (Å²) in [6, 6.07) is 16.5. The number of carbonyl (C=O) groups excluding carboxylic acids is 1. The smallest absolute Gasteiger partial charge is 0.258 e. The Morgan fingerprint density at radius 3 is 2.55 bits per heavy atom. The summed E-state index contributed by atoms with van der Waals surface area (Å²) in [5, 5.41) is 3.52. The van der Waals surface area contributed by atoms with Gasteiger partial charge in [-0.25, -0.2) is 13.4 Å². The van der Waals surface area contributed by atoms with E-state index in [2.05, 4.69) is 16.4 Å². The molecule has 31 heavy (non-hydrogen) atoms. The van der Waals surface area contributed by atoms with Crippen LogP contribution < -0.4 is 9.62 Å². The number of aryl methyl sites for hydroxylation is 2. The molecule has 0 atom stereocenters. The minimum absolute atomic E-state index is 0.174. The molecule has 0 saturated carbocycles. The van der Waals surface area contributed by atoms with Gasteiger partial charge in [0.25, 0.3) is 5.91 Å². The first kappa shape index (κ1) is 21.4. The third-order valence-corrected chi connectivity index (χ3v) is 8.13. The molecule has 1 fully saturated rings. The van der Waals surface area contributed by atoms with Crippen LogP contribution in [0.15, 0.2) is 70.7 Å². The second-order valence-corrected chi connectivity index (χ2v) is 10.5. The molecule has 1 aliphatic rings. The van der Waals surface area contributed by atoms with Gasteiger partial charge in [0, 0.05) is 23.3 Å². The maximum atomic E-state index is 12.9. The number of rotatable bonds is 5. The zero-order valence-corrected chi connectivity index (χ0v) is 19.0. The number of hydrogen-bond donors (Lipinski definition) is 1. The highest BCUT2D eigenvalue weighted by atomic mass is 32.2. The number of pyridine rings is 1. The van der Waals surface area contributed by atoms with Crippen LogP contribution in [0.2, 0.25) is 0 Å². The molecule has 0 radical (unpaired) electrons. The minimum atomic E-state index is -3.23. The maximum Gasteiger partial charge on any atom is 0.258 e. The lowest BCUT2D eigenvalue weighted by atomic mass is 10.2. The van der Waals surface area contributed by atoms with Crippen LogP contribution in [0.25, 0.3) is 0 Å². The van der Waals surface area contributed by atoms with E-state index in [0.29, 0.717) is 34.9 Å². The van der Waals surface area contributed by atoms with Crippen LogP contribution in [0.1, 0.15) is 27.9 Å². The quantitative estimate of drug-likeness (QED) is 0.609. The van der Waals surface area contributed by atoms with E-state index < -0.39 is 10.0 Å². The summed E-state index contributed by atoms with van der Waals surface area (Å²) in [5.41, 5.74) is 4.01. The lowest BCUT2D eigenvalue weighted by Gasteiger charge is -2.17. The summed E-state index contributed by atoms with van der Waals surface area (Å²) in [7, 11) is -3.23. The van der Waals surface area contributed by atoms with Crippen LogP contribution in [-0.2, 0) is 10.0 Å². The number of amides is 1. The van der Waals surface area contributed by atoms with Gasteiger partial charge in [0.1, 0.15) is 5.03 Å². The van der Waals surface area contributed by atoms with Crippen molar-refractivity contribution in [2.45, 2.75) is 30.2 Å². The van der Waals surface area contributed by atoms with Crippen LogP contribution in [0.3, 0.4) is 0 Å². The fourth-order valence-corrected chi connectivity index (χ4v) is 6.01. The number of hydrogen-bond acceptors (Lipinski definition) is 5. The molecule has 6 nitrogen and oxygen atoms in total. The monoisotopic (exact) mass is 453 g/mol. The van der Waals surface area contributed by atoms with Gasteiger partial charge in [-0.15, -0.1) is 0 Å². The van der Waals surface area contributed by atoms with Crippen molar-refractivity contribution in [3.63, 3.8) is 0 Å². The fraction of sp³-hybridized carbons (Fsp3) is 0.217. The molecular formula is C23H23N3O3S2. The number of anilines is 2. The molecule has 1 N–H and O–H groups in total. The van der Waals surface area contributed by atoms with Crippen molar-refractivity contribution in [3.05, 3.63) is 77.5 Å². The Hall–Kier alpha value is -2.84. The number of benzene rings is 2. The second-order valence-electron chi connectivity index (χ2n) is 7.47. The zero-order chi connectivity index (χ0) is 22.0. The molecule has 0 aliphatic carbocycles. The molecule has 1 saturated heterocycles. The summed E-state index contributed by atoms with van der Waals surface area (Å²) >= 11 is 1.46. The average Bonchev–Trinajstić information content (AvgIpc) is 3.10. The van der Waals surface area contributed by atoms with Gasteiger partial charge in [0.05, 0.1) is 17.0 Å². The molecule has 1 amide bonds. The fourth-order valence-electron chi connectivity index (χ4n) is 3.50. The molecule has 160 valence electrons. The van der Waals surface area contributed by atoms with E-state index in [1.54, 1.807) is 42.6 Å². The van der Waals surface area contributed by atoms with Gasteiger partial charge in [-0.1, -0.05) is 29.5 Å². The van der Waals surface area contributed by atoms with Crippen molar-refractivity contribution in [1.82, 2.24) is 4.98 Å². The number of carbonyl (C=O) groups is 1. The Labute approximate surface area is 186 Å². The Morgan fingerprint density at radius 1 is 1.10 bits per heavy atom. The maximum absolute atomic E-state index is 12.9. The van der Waals surface area contributed by atoms with E-state index in [9.17, 15) is 13.2 Å². The third-order valence-electron chi connectivity index (χ3n) is 5.07. The van der Waals surface area contributed by atoms with Crippen molar-refractivity contribution in [1.29, 1.82) is 0 Å². The molecule has 1 aromatic heterocycles. The molecule has 2 heterocycles. The second kappa shape index (κ2) is 8.72. The Morgan fingerprint density at radius 2 is 1.87 bits per heavy atom. The average molecular weight is 454 g/mol. The Balaban J connectivity index is 1.51. The zero-order valence-electron chi connectivity index (χ0n) is 17.3. The molecule has 3 aromatic rings. The van der Waals surface area contributed by atoms with Crippen LogP contribution in [0.4, 0.5) is 11.4 Å². The summed E-state index contributed by atoms with van der Waals surface area (Å²) in [4.78, 5) is 18.4. The van der Waals surface area contributed by atoms with Crippen LogP contribution in [0.5, 0.6) is 0 Å². The van der Waals surface area contributed by atoms with Gasteiger partial charge in [-0.2, -0.15) is 0 Å².